The van der Waals surface area contributed by atoms with E-state index in [0.717, 1.165) is 15.6 Å². The molecular weight excluding hydrogens is 433 g/mol. The van der Waals surface area contributed by atoms with E-state index >= 15 is 0 Å². The van der Waals surface area contributed by atoms with Crippen molar-refractivity contribution in [3.63, 3.8) is 0 Å². The number of benzene rings is 2. The second kappa shape index (κ2) is 8.46. The SMILES string of the molecule is COC(=O)Cn1c(=NC(=O)c2ccc(S(=O)(=O)N(C)C)cc2)sc2cccc(F)c21. The van der Waals surface area contributed by atoms with Gasteiger partial charge in [-0.2, -0.15) is 4.99 Å². The lowest BCUT2D eigenvalue weighted by atomic mass is 10.2. The molecule has 0 fully saturated rings. The highest BCUT2D eigenvalue weighted by Crippen LogP contribution is 2.21. The summed E-state index contributed by atoms with van der Waals surface area (Å²) >= 11 is 1.05. The van der Waals surface area contributed by atoms with Crippen LogP contribution < -0.4 is 4.80 Å². The average molecular weight is 452 g/mol. The molecule has 0 atom stereocenters. The first-order chi connectivity index (χ1) is 14.1. The molecule has 0 unspecified atom stereocenters. The normalized spacial score (nSPS) is 12.5. The van der Waals surface area contributed by atoms with Crippen LogP contribution in [0.25, 0.3) is 10.2 Å². The molecule has 0 spiro atoms. The Labute approximate surface area is 175 Å². The molecule has 1 aromatic heterocycles. The van der Waals surface area contributed by atoms with Crippen molar-refractivity contribution in [3.8, 4) is 0 Å². The first kappa shape index (κ1) is 21.8. The van der Waals surface area contributed by atoms with Gasteiger partial charge in [-0.25, -0.2) is 17.1 Å². The largest absolute Gasteiger partial charge is 0.468 e. The minimum atomic E-state index is -3.63. The van der Waals surface area contributed by atoms with Gasteiger partial charge in [0.2, 0.25) is 10.0 Å². The van der Waals surface area contributed by atoms with Crippen LogP contribution in [0.15, 0.2) is 52.4 Å². The summed E-state index contributed by atoms with van der Waals surface area (Å²) in [6, 6.07) is 9.74. The average Bonchev–Trinajstić information content (AvgIpc) is 3.05. The summed E-state index contributed by atoms with van der Waals surface area (Å²) in [5, 5.41) is 0. The van der Waals surface area contributed by atoms with Crippen LogP contribution >= 0.6 is 11.3 Å². The summed E-state index contributed by atoms with van der Waals surface area (Å²) in [6.45, 7) is -0.316. The zero-order valence-corrected chi connectivity index (χ0v) is 18.0. The zero-order chi connectivity index (χ0) is 22.1. The lowest BCUT2D eigenvalue weighted by Gasteiger charge is -2.11. The Kier molecular flexibility index (Phi) is 6.15. The first-order valence-electron chi connectivity index (χ1n) is 8.61. The molecule has 0 saturated heterocycles. The van der Waals surface area contributed by atoms with Gasteiger partial charge in [-0.3, -0.25) is 9.59 Å². The number of halogens is 1. The second-order valence-corrected chi connectivity index (χ2v) is 9.52. The maximum atomic E-state index is 14.3. The minimum absolute atomic E-state index is 0.0359. The Morgan fingerprint density at radius 2 is 1.83 bits per heavy atom. The van der Waals surface area contributed by atoms with E-state index in [1.807, 2.05) is 0 Å². The smallest absolute Gasteiger partial charge is 0.325 e. The lowest BCUT2D eigenvalue weighted by Crippen LogP contribution is -2.23. The van der Waals surface area contributed by atoms with Crippen LogP contribution in [0.1, 0.15) is 10.4 Å². The Morgan fingerprint density at radius 3 is 2.43 bits per heavy atom. The van der Waals surface area contributed by atoms with Gasteiger partial charge in [0, 0.05) is 19.7 Å². The van der Waals surface area contributed by atoms with Crippen molar-refractivity contribution in [2.75, 3.05) is 21.2 Å². The number of ether oxygens (including phenoxy) is 1. The molecule has 3 aromatic rings. The van der Waals surface area contributed by atoms with Crippen LogP contribution in [-0.4, -0.2) is 50.4 Å². The van der Waals surface area contributed by atoms with Crippen LogP contribution in [0.2, 0.25) is 0 Å². The molecule has 1 amide bonds. The number of hydrogen-bond donors (Lipinski definition) is 0. The standard InChI is InChI=1S/C19H18FN3O5S2/c1-22(2)30(26,27)13-9-7-12(8-10-13)18(25)21-19-23(11-16(24)28-3)17-14(20)5-4-6-15(17)29-19/h4-10H,11H2,1-3H3. The van der Waals surface area contributed by atoms with Crippen molar-refractivity contribution in [1.29, 1.82) is 0 Å². The second-order valence-electron chi connectivity index (χ2n) is 6.36. The van der Waals surface area contributed by atoms with Gasteiger partial charge in [-0.05, 0) is 36.4 Å². The Bertz CT molecular complexity index is 1290. The molecule has 0 saturated carbocycles. The third-order valence-electron chi connectivity index (χ3n) is 4.24. The fourth-order valence-electron chi connectivity index (χ4n) is 2.64. The van der Waals surface area contributed by atoms with E-state index in [0.29, 0.717) is 4.70 Å². The van der Waals surface area contributed by atoms with E-state index in [4.69, 9.17) is 0 Å². The van der Waals surface area contributed by atoms with Gasteiger partial charge in [-0.15, -0.1) is 0 Å². The van der Waals surface area contributed by atoms with Crippen LogP contribution in [-0.2, 0) is 26.1 Å². The molecule has 158 valence electrons. The number of methoxy groups -OCH3 is 1. The van der Waals surface area contributed by atoms with Gasteiger partial charge < -0.3 is 9.30 Å². The molecule has 0 aliphatic rings. The molecule has 0 aliphatic heterocycles. The van der Waals surface area contributed by atoms with Crippen LogP contribution in [0, 0.1) is 5.82 Å². The number of amides is 1. The Morgan fingerprint density at radius 1 is 1.17 bits per heavy atom. The number of aromatic nitrogens is 1. The molecule has 8 nitrogen and oxygen atoms in total. The zero-order valence-electron chi connectivity index (χ0n) is 16.3. The Balaban J connectivity index is 2.06. The molecule has 30 heavy (non-hydrogen) atoms. The number of hydrogen-bond acceptors (Lipinski definition) is 6. The molecule has 3 rings (SSSR count). The van der Waals surface area contributed by atoms with E-state index < -0.39 is 27.7 Å². The third-order valence-corrected chi connectivity index (χ3v) is 7.12. The van der Waals surface area contributed by atoms with E-state index in [-0.39, 0.29) is 27.3 Å². The number of thiazole rings is 1. The van der Waals surface area contributed by atoms with E-state index in [2.05, 4.69) is 9.73 Å². The van der Waals surface area contributed by atoms with Gasteiger partial charge in [0.15, 0.2) is 4.80 Å². The predicted octanol–water partition coefficient (Wildman–Crippen LogP) is 2.01. The number of nitrogens with zero attached hydrogens (tertiary/aromatic N) is 3. The summed E-state index contributed by atoms with van der Waals surface area (Å²) in [7, 11) is 0.395. The number of carbonyl (C=O) groups is 2. The topological polar surface area (TPSA) is 98.0 Å². The van der Waals surface area contributed by atoms with Gasteiger partial charge in [0.05, 0.1) is 22.2 Å². The number of rotatable bonds is 5. The van der Waals surface area contributed by atoms with Crippen molar-refractivity contribution in [1.82, 2.24) is 8.87 Å². The van der Waals surface area contributed by atoms with Gasteiger partial charge in [0.1, 0.15) is 12.4 Å². The summed E-state index contributed by atoms with van der Waals surface area (Å²) in [5.74, 6) is -1.83. The monoisotopic (exact) mass is 451 g/mol. The molecule has 2 aromatic carbocycles. The fourth-order valence-corrected chi connectivity index (χ4v) is 4.59. The van der Waals surface area contributed by atoms with Crippen molar-refractivity contribution in [2.45, 2.75) is 11.4 Å². The lowest BCUT2D eigenvalue weighted by molar-refractivity contribution is -0.141. The maximum Gasteiger partial charge on any atom is 0.325 e. The quantitative estimate of drug-likeness (QED) is 0.553. The molecule has 0 radical (unpaired) electrons. The summed E-state index contributed by atoms with van der Waals surface area (Å²) in [5.41, 5.74) is 0.294. The maximum absolute atomic E-state index is 14.3. The predicted molar refractivity (Wildman–Crippen MR) is 109 cm³/mol. The first-order valence-corrected chi connectivity index (χ1v) is 10.9. The van der Waals surface area contributed by atoms with Gasteiger partial charge in [0.25, 0.3) is 5.91 Å². The number of fused-ring (bicyclic) bond motifs is 1. The molecular formula is C19H18FN3O5S2. The van der Waals surface area contributed by atoms with Crippen molar-refractivity contribution < 1.29 is 27.1 Å². The van der Waals surface area contributed by atoms with E-state index in [1.165, 1.54) is 62.2 Å². The van der Waals surface area contributed by atoms with Crippen molar-refractivity contribution in [2.24, 2.45) is 4.99 Å². The highest BCUT2D eigenvalue weighted by atomic mass is 32.2. The number of carbonyl (C=O) groups excluding carboxylic acids is 2. The van der Waals surface area contributed by atoms with E-state index in [1.54, 1.807) is 6.07 Å². The van der Waals surface area contributed by atoms with Gasteiger partial charge in [-0.1, -0.05) is 17.4 Å². The molecule has 0 aliphatic carbocycles. The highest BCUT2D eigenvalue weighted by Gasteiger charge is 2.18. The van der Waals surface area contributed by atoms with Gasteiger partial charge >= 0.3 is 5.97 Å². The van der Waals surface area contributed by atoms with Crippen LogP contribution in [0.4, 0.5) is 4.39 Å². The summed E-state index contributed by atoms with van der Waals surface area (Å²) in [4.78, 5) is 28.6. The van der Waals surface area contributed by atoms with Crippen molar-refractivity contribution in [3.05, 3.63) is 58.6 Å². The van der Waals surface area contributed by atoms with E-state index in [9.17, 15) is 22.4 Å². The molecule has 11 heteroatoms. The van der Waals surface area contributed by atoms with Crippen molar-refractivity contribution >= 4 is 43.5 Å². The summed E-state index contributed by atoms with van der Waals surface area (Å²) < 4.78 is 46.2. The molecule has 1 heterocycles. The molecule has 0 bridgehead atoms. The summed E-state index contributed by atoms with van der Waals surface area (Å²) in [6.07, 6.45) is 0. The Hall–Kier alpha value is -2.89. The number of sulfonamides is 1. The highest BCUT2D eigenvalue weighted by molar-refractivity contribution is 7.89. The fraction of sp³-hybridized carbons (Fsp3) is 0.211. The third kappa shape index (κ3) is 4.18. The number of esters is 1. The van der Waals surface area contributed by atoms with Crippen LogP contribution in [0.5, 0.6) is 0 Å². The molecule has 0 N–H and O–H groups in total. The van der Waals surface area contributed by atoms with Crippen LogP contribution in [0.3, 0.4) is 0 Å². The number of para-hydroxylation sites is 1. The minimum Gasteiger partial charge on any atom is -0.468 e.